The maximum absolute atomic E-state index is 12.5. The summed E-state index contributed by atoms with van der Waals surface area (Å²) >= 11 is 0. The Bertz CT molecular complexity index is 802. The molecule has 1 N–H and O–H groups in total. The molecule has 0 atom stereocenters. The van der Waals surface area contributed by atoms with Crippen molar-refractivity contribution in [2.75, 3.05) is 5.32 Å². The van der Waals surface area contributed by atoms with Crippen LogP contribution in [0.3, 0.4) is 0 Å². The molecule has 0 saturated carbocycles. The van der Waals surface area contributed by atoms with Crippen LogP contribution < -0.4 is 5.32 Å². The zero-order valence-corrected chi connectivity index (χ0v) is 14.2. The summed E-state index contributed by atoms with van der Waals surface area (Å²) in [6.07, 6.45) is -4.40. The van der Waals surface area contributed by atoms with E-state index in [-0.39, 0.29) is 5.41 Å². The fourth-order valence-electron chi connectivity index (χ4n) is 1.91. The van der Waals surface area contributed by atoms with Crippen molar-refractivity contribution in [1.82, 2.24) is 0 Å². The Morgan fingerprint density at radius 1 is 0.920 bits per heavy atom. The highest BCUT2D eigenvalue weighted by atomic mass is 19.4. The van der Waals surface area contributed by atoms with Crippen molar-refractivity contribution in [3.05, 3.63) is 65.2 Å². The fourth-order valence-corrected chi connectivity index (χ4v) is 1.91. The predicted octanol–water partition coefficient (Wildman–Crippen LogP) is 5.36. The van der Waals surface area contributed by atoms with Gasteiger partial charge in [0.1, 0.15) is 0 Å². The summed E-state index contributed by atoms with van der Waals surface area (Å²) in [4.78, 5) is 12.2. The van der Waals surface area contributed by atoms with Crippen LogP contribution in [0, 0.1) is 17.3 Å². The number of hydrogen-bond donors (Lipinski definition) is 1. The number of hydrogen-bond acceptors (Lipinski definition) is 1. The van der Waals surface area contributed by atoms with Crippen LogP contribution >= 0.6 is 0 Å². The van der Waals surface area contributed by atoms with Gasteiger partial charge in [0.2, 0.25) is 0 Å². The number of halogens is 3. The second-order valence-corrected chi connectivity index (χ2v) is 6.61. The zero-order chi connectivity index (χ0) is 18.7. The van der Waals surface area contributed by atoms with E-state index in [2.05, 4.69) is 17.2 Å². The second-order valence-electron chi connectivity index (χ2n) is 6.61. The number of nitrogens with one attached hydrogen (secondary N) is 1. The van der Waals surface area contributed by atoms with Crippen molar-refractivity contribution in [2.45, 2.75) is 26.9 Å². The molecule has 1 amide bonds. The van der Waals surface area contributed by atoms with Gasteiger partial charge in [0.25, 0.3) is 5.91 Å². The molecule has 2 rings (SSSR count). The molecule has 2 aromatic carbocycles. The normalized spacial score (nSPS) is 11.4. The predicted molar refractivity (Wildman–Crippen MR) is 92.2 cm³/mol. The Balaban J connectivity index is 2.07. The molecule has 0 radical (unpaired) electrons. The molecule has 2 aromatic rings. The molecule has 0 spiro atoms. The highest BCUT2D eigenvalue weighted by Crippen LogP contribution is 2.29. The van der Waals surface area contributed by atoms with Crippen molar-refractivity contribution < 1.29 is 18.0 Å². The Morgan fingerprint density at radius 3 is 1.96 bits per heavy atom. The van der Waals surface area contributed by atoms with Crippen LogP contribution in [-0.2, 0) is 6.18 Å². The van der Waals surface area contributed by atoms with Crippen LogP contribution in [0.1, 0.15) is 42.3 Å². The van der Waals surface area contributed by atoms with Crippen LogP contribution in [0.5, 0.6) is 0 Å². The van der Waals surface area contributed by atoms with Gasteiger partial charge in [-0.05, 0) is 69.3 Å². The number of carbonyl (C=O) groups excluding carboxylic acids is 1. The van der Waals surface area contributed by atoms with E-state index < -0.39 is 17.6 Å². The molecular formula is C20H18F3NO. The third-order valence-electron chi connectivity index (χ3n) is 3.20. The van der Waals surface area contributed by atoms with E-state index in [0.29, 0.717) is 11.3 Å². The van der Waals surface area contributed by atoms with E-state index in [1.807, 2.05) is 20.8 Å². The zero-order valence-electron chi connectivity index (χ0n) is 14.2. The van der Waals surface area contributed by atoms with Crippen molar-refractivity contribution in [2.24, 2.45) is 5.41 Å². The van der Waals surface area contributed by atoms with E-state index in [9.17, 15) is 18.0 Å². The molecule has 0 heterocycles. The molecule has 2 nitrogen and oxygen atoms in total. The van der Waals surface area contributed by atoms with Gasteiger partial charge in [-0.1, -0.05) is 11.8 Å². The van der Waals surface area contributed by atoms with E-state index in [4.69, 9.17) is 0 Å². The molecule has 0 aliphatic heterocycles. The van der Waals surface area contributed by atoms with E-state index >= 15 is 0 Å². The first kappa shape index (κ1) is 18.6. The minimum Gasteiger partial charge on any atom is -0.322 e. The Morgan fingerprint density at radius 2 is 1.48 bits per heavy atom. The number of amides is 1. The maximum atomic E-state index is 12.5. The summed E-state index contributed by atoms with van der Waals surface area (Å²) in [5.41, 5.74) is 0.627. The maximum Gasteiger partial charge on any atom is 0.416 e. The van der Waals surface area contributed by atoms with Crippen LogP contribution in [0.2, 0.25) is 0 Å². The van der Waals surface area contributed by atoms with E-state index in [1.54, 1.807) is 24.3 Å². The van der Waals surface area contributed by atoms with Crippen LogP contribution in [0.15, 0.2) is 48.5 Å². The number of anilines is 1. The van der Waals surface area contributed by atoms with E-state index in [0.717, 1.165) is 17.7 Å². The van der Waals surface area contributed by atoms with Gasteiger partial charge in [-0.3, -0.25) is 4.79 Å². The molecule has 0 aromatic heterocycles. The lowest BCUT2D eigenvalue weighted by Crippen LogP contribution is -2.12. The molecule has 0 aliphatic carbocycles. The van der Waals surface area contributed by atoms with Gasteiger partial charge < -0.3 is 5.32 Å². The minimum atomic E-state index is -4.40. The summed E-state index contributed by atoms with van der Waals surface area (Å²) < 4.78 is 37.6. The summed E-state index contributed by atoms with van der Waals surface area (Å²) in [7, 11) is 0. The summed E-state index contributed by atoms with van der Waals surface area (Å²) in [5, 5.41) is 2.57. The van der Waals surface area contributed by atoms with Crippen LogP contribution in [0.25, 0.3) is 0 Å². The smallest absolute Gasteiger partial charge is 0.322 e. The molecule has 25 heavy (non-hydrogen) atoms. The minimum absolute atomic E-state index is 0.112. The lowest BCUT2D eigenvalue weighted by Gasteiger charge is -2.09. The topological polar surface area (TPSA) is 29.1 Å². The first-order chi connectivity index (χ1) is 11.5. The molecular weight excluding hydrogens is 327 g/mol. The molecule has 0 saturated heterocycles. The van der Waals surface area contributed by atoms with E-state index in [1.165, 1.54) is 12.1 Å². The van der Waals surface area contributed by atoms with Crippen LogP contribution in [-0.4, -0.2) is 5.91 Å². The molecule has 130 valence electrons. The summed E-state index contributed by atoms with van der Waals surface area (Å²) in [5.74, 6) is 5.74. The van der Waals surface area contributed by atoms with Crippen molar-refractivity contribution >= 4 is 11.6 Å². The van der Waals surface area contributed by atoms with Crippen molar-refractivity contribution in [3.63, 3.8) is 0 Å². The number of benzene rings is 2. The van der Waals surface area contributed by atoms with Gasteiger partial charge in [-0.25, -0.2) is 0 Å². The highest BCUT2D eigenvalue weighted by Gasteiger charge is 2.29. The summed E-state index contributed by atoms with van der Waals surface area (Å²) in [6, 6.07) is 11.0. The molecule has 0 aliphatic rings. The monoisotopic (exact) mass is 345 g/mol. The van der Waals surface area contributed by atoms with Gasteiger partial charge in [0.05, 0.1) is 5.56 Å². The third-order valence-corrected chi connectivity index (χ3v) is 3.20. The Kier molecular flexibility index (Phi) is 5.22. The standard InChI is InChI=1S/C20H18F3NO/c1-19(2,3)13-12-14-4-6-15(7-5-14)18(25)24-17-10-8-16(9-11-17)20(21,22)23/h4-11H,1-3H3,(H,24,25). The van der Waals surface area contributed by atoms with Gasteiger partial charge in [0.15, 0.2) is 0 Å². The van der Waals surface area contributed by atoms with Crippen LogP contribution in [0.4, 0.5) is 18.9 Å². The lowest BCUT2D eigenvalue weighted by molar-refractivity contribution is -0.137. The number of carbonyl (C=O) groups is 1. The Labute approximate surface area is 145 Å². The average Bonchev–Trinajstić information content (AvgIpc) is 2.52. The van der Waals surface area contributed by atoms with Gasteiger partial charge in [-0.2, -0.15) is 13.2 Å². The second kappa shape index (κ2) is 7.02. The molecule has 0 fully saturated rings. The number of rotatable bonds is 2. The first-order valence-corrected chi connectivity index (χ1v) is 7.66. The lowest BCUT2D eigenvalue weighted by atomic mass is 9.97. The molecule has 0 bridgehead atoms. The molecule has 5 heteroatoms. The van der Waals surface area contributed by atoms with Gasteiger partial charge >= 0.3 is 6.18 Å². The third kappa shape index (κ3) is 5.68. The van der Waals surface area contributed by atoms with Gasteiger partial charge in [0, 0.05) is 22.2 Å². The van der Waals surface area contributed by atoms with Gasteiger partial charge in [-0.15, -0.1) is 0 Å². The summed E-state index contributed by atoms with van der Waals surface area (Å²) in [6.45, 7) is 6.02. The average molecular weight is 345 g/mol. The quantitative estimate of drug-likeness (QED) is 0.730. The van der Waals surface area contributed by atoms with Crippen molar-refractivity contribution in [1.29, 1.82) is 0 Å². The largest absolute Gasteiger partial charge is 0.416 e. The van der Waals surface area contributed by atoms with Crippen molar-refractivity contribution in [3.8, 4) is 11.8 Å². The first-order valence-electron chi connectivity index (χ1n) is 7.66. The number of alkyl halides is 3. The SMILES string of the molecule is CC(C)(C)C#Cc1ccc(C(=O)Nc2ccc(C(F)(F)F)cc2)cc1. The molecule has 0 unspecified atom stereocenters. The highest BCUT2D eigenvalue weighted by molar-refractivity contribution is 6.04. The fraction of sp³-hybridized carbons (Fsp3) is 0.250. The Hall–Kier alpha value is -2.74.